The summed E-state index contributed by atoms with van der Waals surface area (Å²) in [4.78, 5) is 57.3. The minimum Gasteiger partial charge on any atom is -0.496 e. The van der Waals surface area contributed by atoms with E-state index in [4.69, 9.17) is 14.2 Å². The monoisotopic (exact) mass is 578 g/mol. The molecule has 0 radical (unpaired) electrons. The number of imide groups is 1. The Morgan fingerprint density at radius 1 is 1.24 bits per heavy atom. The first kappa shape index (κ1) is 27.6. The number of esters is 1. The lowest BCUT2D eigenvalue weighted by Gasteiger charge is -2.25. The van der Waals surface area contributed by atoms with Crippen LogP contribution in [0.3, 0.4) is 0 Å². The molecule has 0 spiro atoms. The van der Waals surface area contributed by atoms with Crippen LogP contribution in [-0.4, -0.2) is 60.0 Å². The predicted octanol–water partition coefficient (Wildman–Crippen LogP) is 3.41. The number of allylic oxidation sites excluding steroid dienone is 4. The highest BCUT2D eigenvalue weighted by atomic mass is 32.1. The SMILES string of the molecule is COC(=O)c1csc(NC(=O)[C@H](Cc2ccccc2OC)N2C(=O)NC(C3=COC=C(C4=CC=CCC4)O3)C2=O)n1. The topological polar surface area (TPSA) is 145 Å². The van der Waals surface area contributed by atoms with E-state index in [1.54, 1.807) is 24.3 Å². The predicted molar refractivity (Wildman–Crippen MR) is 147 cm³/mol. The van der Waals surface area contributed by atoms with Gasteiger partial charge in [-0.2, -0.15) is 0 Å². The third kappa shape index (κ3) is 5.84. The number of hydrogen-bond donors (Lipinski definition) is 2. The van der Waals surface area contributed by atoms with E-state index in [-0.39, 0.29) is 23.0 Å². The molecule has 12 nitrogen and oxygen atoms in total. The lowest BCUT2D eigenvalue weighted by Crippen LogP contribution is -2.49. The maximum absolute atomic E-state index is 13.7. The molecular formula is C28H26N4O8S. The van der Waals surface area contributed by atoms with E-state index >= 15 is 0 Å². The summed E-state index contributed by atoms with van der Waals surface area (Å²) in [7, 11) is 2.70. The van der Waals surface area contributed by atoms with E-state index in [1.165, 1.54) is 32.1 Å². The largest absolute Gasteiger partial charge is 0.496 e. The third-order valence-corrected chi connectivity index (χ3v) is 7.28. The van der Waals surface area contributed by atoms with Gasteiger partial charge in [0, 0.05) is 11.8 Å². The normalized spacial score (nSPS) is 18.7. The molecule has 5 rings (SSSR count). The number of urea groups is 1. The number of benzene rings is 1. The van der Waals surface area contributed by atoms with Crippen LogP contribution in [0.25, 0.3) is 0 Å². The number of anilines is 1. The van der Waals surface area contributed by atoms with E-state index in [0.717, 1.165) is 34.7 Å². The van der Waals surface area contributed by atoms with Crippen LogP contribution in [0, 0.1) is 0 Å². The van der Waals surface area contributed by atoms with Crippen LogP contribution >= 0.6 is 11.3 Å². The number of nitrogens with zero attached hydrogens (tertiary/aromatic N) is 2. The molecule has 2 aromatic rings. The number of nitrogens with one attached hydrogen (secondary N) is 2. The summed E-state index contributed by atoms with van der Waals surface area (Å²) in [6.07, 6.45) is 10.00. The standard InChI is InChI=1S/C28H26N4O8S/c1-37-20-11-7-6-10-17(20)12-19(24(33)31-27-29-18(15-41-27)26(35)38-2)32-25(34)23(30-28(32)36)22-14-39-13-21(40-22)16-8-4-3-5-9-16/h3-4,6-8,10-11,13-15,19,23H,5,9,12H2,1-2H3,(H,30,36)(H,29,31,33)/t19-,23?/m0/s1. The Morgan fingerprint density at radius 2 is 2.07 bits per heavy atom. The molecule has 1 aliphatic carbocycles. The van der Waals surface area contributed by atoms with Gasteiger partial charge in [0.05, 0.1) is 14.2 Å². The third-order valence-electron chi connectivity index (χ3n) is 6.52. The van der Waals surface area contributed by atoms with Crippen LogP contribution in [0.1, 0.15) is 28.9 Å². The van der Waals surface area contributed by atoms with Crippen molar-refractivity contribution >= 4 is 40.3 Å². The second-order valence-corrected chi connectivity index (χ2v) is 9.90. The molecule has 2 aliphatic heterocycles. The number of hydrogen-bond acceptors (Lipinski definition) is 10. The molecule has 1 fully saturated rings. The highest BCUT2D eigenvalue weighted by Gasteiger charge is 2.48. The Balaban J connectivity index is 1.40. The molecule has 0 bridgehead atoms. The second kappa shape index (κ2) is 12.1. The molecular weight excluding hydrogens is 552 g/mol. The van der Waals surface area contributed by atoms with Gasteiger partial charge < -0.3 is 29.6 Å². The number of ether oxygens (including phenoxy) is 4. The average molecular weight is 579 g/mol. The van der Waals surface area contributed by atoms with Gasteiger partial charge in [0.2, 0.25) is 5.91 Å². The lowest BCUT2D eigenvalue weighted by atomic mass is 10.0. The molecule has 0 saturated carbocycles. The van der Waals surface area contributed by atoms with Gasteiger partial charge in [0.1, 0.15) is 24.3 Å². The molecule has 41 heavy (non-hydrogen) atoms. The Bertz CT molecular complexity index is 1510. The molecule has 3 heterocycles. The summed E-state index contributed by atoms with van der Waals surface area (Å²) in [5, 5.41) is 6.74. The van der Waals surface area contributed by atoms with Crippen LogP contribution in [0.2, 0.25) is 0 Å². The first-order valence-corrected chi connectivity index (χ1v) is 13.5. The zero-order valence-corrected chi connectivity index (χ0v) is 22.9. The van der Waals surface area contributed by atoms with Gasteiger partial charge in [-0.3, -0.25) is 9.59 Å². The minimum absolute atomic E-state index is 0.0120. The summed E-state index contributed by atoms with van der Waals surface area (Å²) in [5.74, 6) is -1.07. The summed E-state index contributed by atoms with van der Waals surface area (Å²) >= 11 is 1.000. The average Bonchev–Trinajstić information content (AvgIpc) is 3.59. The second-order valence-electron chi connectivity index (χ2n) is 9.04. The van der Waals surface area contributed by atoms with Crippen molar-refractivity contribution in [2.75, 3.05) is 19.5 Å². The minimum atomic E-state index is -1.31. The van der Waals surface area contributed by atoms with Gasteiger partial charge in [-0.1, -0.05) is 36.4 Å². The smallest absolute Gasteiger partial charge is 0.357 e. The molecule has 1 unspecified atom stereocenters. The van der Waals surface area contributed by atoms with Gasteiger partial charge in [-0.25, -0.2) is 19.5 Å². The summed E-state index contributed by atoms with van der Waals surface area (Å²) in [6.45, 7) is 0. The fourth-order valence-corrected chi connectivity index (χ4v) is 5.18. The van der Waals surface area contributed by atoms with Crippen LogP contribution in [0.4, 0.5) is 9.93 Å². The van der Waals surface area contributed by atoms with Gasteiger partial charge in [-0.15, -0.1) is 11.3 Å². The number of thiazole rings is 1. The van der Waals surface area contributed by atoms with E-state index in [1.807, 2.05) is 18.2 Å². The quantitative estimate of drug-likeness (QED) is 0.338. The molecule has 212 valence electrons. The fourth-order valence-electron chi connectivity index (χ4n) is 4.50. The summed E-state index contributed by atoms with van der Waals surface area (Å²) in [5.41, 5.74) is 1.49. The molecule has 2 atom stereocenters. The van der Waals surface area contributed by atoms with Gasteiger partial charge in [0.25, 0.3) is 5.91 Å². The lowest BCUT2D eigenvalue weighted by molar-refractivity contribution is -0.134. The zero-order valence-electron chi connectivity index (χ0n) is 22.1. The highest BCUT2D eigenvalue weighted by molar-refractivity contribution is 7.14. The molecule has 2 N–H and O–H groups in total. The number of aromatic nitrogens is 1. The van der Waals surface area contributed by atoms with Crippen molar-refractivity contribution in [3.8, 4) is 5.75 Å². The van der Waals surface area contributed by atoms with E-state index in [9.17, 15) is 19.2 Å². The molecule has 1 aromatic carbocycles. The number of carbonyl (C=O) groups is 4. The maximum Gasteiger partial charge on any atom is 0.357 e. The van der Waals surface area contributed by atoms with Gasteiger partial charge >= 0.3 is 12.0 Å². The zero-order chi connectivity index (χ0) is 28.9. The molecule has 13 heteroatoms. The van der Waals surface area contributed by atoms with Crippen molar-refractivity contribution < 1.29 is 38.1 Å². The Kier molecular flexibility index (Phi) is 8.15. The molecule has 1 aromatic heterocycles. The Hall–Kier alpha value is -4.91. The number of methoxy groups -OCH3 is 2. The van der Waals surface area contributed by atoms with E-state index in [2.05, 4.69) is 20.4 Å². The number of carbonyl (C=O) groups excluding carboxylic acids is 4. The maximum atomic E-state index is 13.7. The van der Waals surface area contributed by atoms with Gasteiger partial charge in [-0.05, 0) is 30.0 Å². The van der Waals surface area contributed by atoms with E-state index in [0.29, 0.717) is 17.1 Å². The molecule has 3 aliphatic rings. The van der Waals surface area contributed by atoms with Crippen LogP contribution in [0.15, 0.2) is 77.5 Å². The van der Waals surface area contributed by atoms with Crippen molar-refractivity contribution in [2.45, 2.75) is 31.3 Å². The fraction of sp³-hybridized carbons (Fsp3) is 0.250. The first-order chi connectivity index (χ1) is 19.9. The first-order valence-electron chi connectivity index (χ1n) is 12.6. The number of para-hydroxylation sites is 1. The Morgan fingerprint density at radius 3 is 2.83 bits per heavy atom. The van der Waals surface area contributed by atoms with E-state index < -0.39 is 35.9 Å². The van der Waals surface area contributed by atoms with Crippen LogP contribution in [0.5, 0.6) is 5.75 Å². The van der Waals surface area contributed by atoms with Crippen molar-refractivity contribution in [3.05, 3.63) is 88.7 Å². The van der Waals surface area contributed by atoms with Crippen LogP contribution in [-0.2, 0) is 30.2 Å². The van der Waals surface area contributed by atoms with Crippen LogP contribution < -0.4 is 15.4 Å². The van der Waals surface area contributed by atoms with Gasteiger partial charge in [0.15, 0.2) is 28.4 Å². The molecule has 1 saturated heterocycles. The summed E-state index contributed by atoms with van der Waals surface area (Å²) in [6, 6.07) is 3.66. The highest BCUT2D eigenvalue weighted by Crippen LogP contribution is 2.30. The Labute approximate surface area is 238 Å². The molecule has 4 amide bonds. The summed E-state index contributed by atoms with van der Waals surface area (Å²) < 4.78 is 21.5. The number of rotatable bonds is 9. The van der Waals surface area contributed by atoms with Crippen molar-refractivity contribution in [1.82, 2.24) is 15.2 Å². The number of amides is 4. The van der Waals surface area contributed by atoms with Crippen molar-refractivity contribution in [2.24, 2.45) is 0 Å². The van der Waals surface area contributed by atoms with Crippen molar-refractivity contribution in [3.63, 3.8) is 0 Å². The van der Waals surface area contributed by atoms with Crippen molar-refractivity contribution in [1.29, 1.82) is 0 Å².